The fourth-order valence-electron chi connectivity index (χ4n) is 7.61. The number of nitrogens with one attached hydrogen (secondary N) is 2. The SMILES string of the molecule is O=C(N[C@H](c1nc2nc(C3CC(C(F)F)CCN3C(=O)C34CC(F)(C3)C4)ccc2[nH]1)C1CCC(F)(F)CC1)C1(F)CC1. The Balaban J connectivity index is 1.18. The van der Waals surface area contributed by atoms with Crippen LogP contribution in [0.5, 0.6) is 0 Å². The van der Waals surface area contributed by atoms with Crippen LogP contribution in [0.2, 0.25) is 0 Å². The maximum Gasteiger partial charge on any atom is 0.258 e. The molecule has 2 N–H and O–H groups in total. The van der Waals surface area contributed by atoms with Gasteiger partial charge < -0.3 is 15.2 Å². The lowest BCUT2D eigenvalue weighted by Gasteiger charge is -2.65. The van der Waals surface area contributed by atoms with Crippen LogP contribution in [0.3, 0.4) is 0 Å². The van der Waals surface area contributed by atoms with Gasteiger partial charge in [0.05, 0.1) is 28.7 Å². The summed E-state index contributed by atoms with van der Waals surface area (Å²) in [5, 5.41) is 2.70. The van der Waals surface area contributed by atoms with Crippen molar-refractivity contribution in [3.8, 4) is 0 Å². The third-order valence-electron chi connectivity index (χ3n) is 10.3. The summed E-state index contributed by atoms with van der Waals surface area (Å²) in [4.78, 5) is 40.0. The number of amides is 2. The van der Waals surface area contributed by atoms with Gasteiger partial charge in [-0.25, -0.2) is 36.3 Å². The molecule has 1 aliphatic heterocycles. The van der Waals surface area contributed by atoms with Crippen molar-refractivity contribution >= 4 is 23.0 Å². The Morgan fingerprint density at radius 1 is 0.952 bits per heavy atom. The summed E-state index contributed by atoms with van der Waals surface area (Å²) in [6, 6.07) is 1.72. The first-order chi connectivity index (χ1) is 19.8. The van der Waals surface area contributed by atoms with E-state index in [2.05, 4.69) is 20.3 Å². The number of imidazole rings is 1. The fourth-order valence-corrected chi connectivity index (χ4v) is 7.61. The van der Waals surface area contributed by atoms with Crippen LogP contribution in [-0.4, -0.2) is 61.9 Å². The number of likely N-dealkylation sites (tertiary alicyclic amines) is 1. The van der Waals surface area contributed by atoms with Crippen molar-refractivity contribution in [2.24, 2.45) is 17.3 Å². The second-order valence-corrected chi connectivity index (χ2v) is 13.4. The molecule has 228 valence electrons. The molecule has 13 heteroatoms. The van der Waals surface area contributed by atoms with Crippen molar-refractivity contribution < 1.29 is 35.9 Å². The molecule has 0 aromatic carbocycles. The summed E-state index contributed by atoms with van der Waals surface area (Å²) >= 11 is 0. The van der Waals surface area contributed by atoms with Gasteiger partial charge in [-0.3, -0.25) is 9.59 Å². The van der Waals surface area contributed by atoms with E-state index in [1.165, 1.54) is 0 Å². The number of aromatic nitrogens is 3. The number of hydrogen-bond acceptors (Lipinski definition) is 4. The van der Waals surface area contributed by atoms with E-state index in [0.29, 0.717) is 11.2 Å². The Morgan fingerprint density at radius 3 is 2.26 bits per heavy atom. The van der Waals surface area contributed by atoms with E-state index in [1.54, 1.807) is 17.0 Å². The minimum atomic E-state index is -2.79. The molecule has 8 rings (SSSR count). The highest BCUT2D eigenvalue weighted by Gasteiger charge is 2.73. The van der Waals surface area contributed by atoms with E-state index in [4.69, 9.17) is 0 Å². The quantitative estimate of drug-likeness (QED) is 0.390. The summed E-state index contributed by atoms with van der Waals surface area (Å²) in [6.07, 6.45) is -2.20. The van der Waals surface area contributed by atoms with E-state index in [0.717, 1.165) is 0 Å². The highest BCUT2D eigenvalue weighted by molar-refractivity contribution is 5.88. The molecule has 42 heavy (non-hydrogen) atoms. The third-order valence-corrected chi connectivity index (χ3v) is 10.3. The number of H-pyrrole nitrogens is 1. The topological polar surface area (TPSA) is 91.0 Å². The van der Waals surface area contributed by atoms with Crippen LogP contribution in [-0.2, 0) is 9.59 Å². The molecule has 7 nitrogen and oxygen atoms in total. The number of carbonyl (C=O) groups is 2. The number of rotatable bonds is 7. The first kappa shape index (κ1) is 27.9. The molecule has 0 radical (unpaired) electrons. The van der Waals surface area contributed by atoms with Gasteiger partial charge >= 0.3 is 0 Å². The number of fused-ring (bicyclic) bond motifs is 1. The maximum absolute atomic E-state index is 14.6. The summed E-state index contributed by atoms with van der Waals surface area (Å²) in [6.45, 7) is 0.122. The molecule has 2 bridgehead atoms. The molecular weight excluding hydrogens is 564 g/mol. The highest BCUT2D eigenvalue weighted by Crippen LogP contribution is 2.70. The number of piperidine rings is 1. The number of hydrogen-bond donors (Lipinski definition) is 2. The minimum absolute atomic E-state index is 0.00356. The standard InChI is InChI=1S/C29H33F6N5O2/c30-21(31)16-5-10-40(25(42)26-12-27(32,13-26)14-26)19(11-16)17-1-2-18-22(36-17)39-23(37-18)20(38-24(41)28(33)8-9-28)15-3-6-29(34,35)7-4-15/h1-2,15-16,19-21H,3-14H2,(H,38,41)(H,36,37,39)/t16?,19?,20-,26?,27?/m0/s1. The normalized spacial score (nSPS) is 34.0. The lowest BCUT2D eigenvalue weighted by molar-refractivity contribution is -0.225. The molecule has 3 heterocycles. The second-order valence-electron chi connectivity index (χ2n) is 13.4. The smallest absolute Gasteiger partial charge is 0.258 e. The van der Waals surface area contributed by atoms with Crippen LogP contribution < -0.4 is 5.32 Å². The Hall–Kier alpha value is -2.86. The van der Waals surface area contributed by atoms with Gasteiger partial charge in [0.25, 0.3) is 5.91 Å². The summed E-state index contributed by atoms with van der Waals surface area (Å²) in [7, 11) is 0. The van der Waals surface area contributed by atoms with Gasteiger partial charge in [0.2, 0.25) is 18.3 Å². The molecule has 2 unspecified atom stereocenters. The molecule has 6 fully saturated rings. The Labute approximate surface area is 238 Å². The number of carbonyl (C=O) groups excluding carboxylic acids is 2. The monoisotopic (exact) mass is 597 g/mol. The van der Waals surface area contributed by atoms with Crippen LogP contribution in [0.1, 0.15) is 94.2 Å². The second kappa shape index (κ2) is 9.32. The molecule has 5 aliphatic carbocycles. The molecule has 0 spiro atoms. The molecule has 6 aliphatic rings. The zero-order chi connectivity index (χ0) is 29.7. The zero-order valence-corrected chi connectivity index (χ0v) is 23.0. The Kier molecular flexibility index (Phi) is 6.20. The van der Waals surface area contributed by atoms with Crippen molar-refractivity contribution in [3.63, 3.8) is 0 Å². The first-order valence-corrected chi connectivity index (χ1v) is 14.8. The van der Waals surface area contributed by atoms with Crippen molar-refractivity contribution in [3.05, 3.63) is 23.7 Å². The zero-order valence-electron chi connectivity index (χ0n) is 23.0. The van der Waals surface area contributed by atoms with Crippen molar-refractivity contribution in [2.45, 2.75) is 106 Å². The largest absolute Gasteiger partial charge is 0.343 e. The molecule has 3 atom stereocenters. The van der Waals surface area contributed by atoms with Gasteiger partial charge in [-0.2, -0.15) is 0 Å². The van der Waals surface area contributed by atoms with E-state index in [-0.39, 0.29) is 94.6 Å². The molecule has 2 amide bonds. The van der Waals surface area contributed by atoms with Crippen molar-refractivity contribution in [2.75, 3.05) is 6.54 Å². The molecular formula is C29H33F6N5O2. The van der Waals surface area contributed by atoms with Crippen molar-refractivity contribution in [1.29, 1.82) is 0 Å². The lowest BCUT2D eigenvalue weighted by atomic mass is 9.41. The molecule has 2 aromatic heterocycles. The van der Waals surface area contributed by atoms with Crippen LogP contribution in [0.25, 0.3) is 11.2 Å². The van der Waals surface area contributed by atoms with Crippen LogP contribution in [0, 0.1) is 17.3 Å². The average molecular weight is 598 g/mol. The number of nitrogens with zero attached hydrogens (tertiary/aromatic N) is 3. The van der Waals surface area contributed by atoms with Crippen LogP contribution in [0.15, 0.2) is 12.1 Å². The lowest BCUT2D eigenvalue weighted by Crippen LogP contribution is -2.70. The van der Waals surface area contributed by atoms with Gasteiger partial charge in [0, 0.05) is 25.3 Å². The van der Waals surface area contributed by atoms with Gasteiger partial charge in [0.15, 0.2) is 11.3 Å². The van der Waals surface area contributed by atoms with Gasteiger partial charge in [-0.15, -0.1) is 0 Å². The number of halogens is 6. The van der Waals surface area contributed by atoms with Crippen LogP contribution >= 0.6 is 0 Å². The molecule has 2 aromatic rings. The van der Waals surface area contributed by atoms with E-state index >= 15 is 0 Å². The van der Waals surface area contributed by atoms with E-state index in [9.17, 15) is 35.9 Å². The first-order valence-electron chi connectivity index (χ1n) is 14.8. The van der Waals surface area contributed by atoms with Gasteiger partial charge in [-0.05, 0) is 75.8 Å². The van der Waals surface area contributed by atoms with E-state index < -0.39 is 58.9 Å². The predicted octanol–water partition coefficient (Wildman–Crippen LogP) is 5.88. The minimum Gasteiger partial charge on any atom is -0.343 e. The molecule has 1 saturated heterocycles. The Morgan fingerprint density at radius 2 is 1.64 bits per heavy atom. The third kappa shape index (κ3) is 4.65. The van der Waals surface area contributed by atoms with Crippen molar-refractivity contribution in [1.82, 2.24) is 25.2 Å². The predicted molar refractivity (Wildman–Crippen MR) is 138 cm³/mol. The van der Waals surface area contributed by atoms with Gasteiger partial charge in [-0.1, -0.05) is 0 Å². The Bertz CT molecular complexity index is 1400. The van der Waals surface area contributed by atoms with Gasteiger partial charge in [0.1, 0.15) is 11.5 Å². The fraction of sp³-hybridized carbons (Fsp3) is 0.724. The summed E-state index contributed by atoms with van der Waals surface area (Å²) in [5.74, 6) is -4.88. The number of pyridine rings is 1. The average Bonchev–Trinajstić information content (AvgIpc) is 3.53. The van der Waals surface area contributed by atoms with E-state index in [1.807, 2.05) is 0 Å². The highest BCUT2D eigenvalue weighted by atomic mass is 19.3. The summed E-state index contributed by atoms with van der Waals surface area (Å²) < 4.78 is 84.1. The molecule has 5 saturated carbocycles. The van der Waals surface area contributed by atoms with Crippen LogP contribution in [0.4, 0.5) is 26.3 Å². The maximum atomic E-state index is 14.6. The number of aromatic amines is 1. The number of alkyl halides is 6. The summed E-state index contributed by atoms with van der Waals surface area (Å²) in [5.41, 5.74) is -2.95.